The molecule has 1 unspecified atom stereocenters. The van der Waals surface area contributed by atoms with Gasteiger partial charge in [-0.3, -0.25) is 9.59 Å². The van der Waals surface area contributed by atoms with Crippen molar-refractivity contribution in [3.8, 4) is 5.75 Å². The molecule has 32 heavy (non-hydrogen) atoms. The molecule has 3 rings (SSSR count). The Bertz CT molecular complexity index is 1080. The number of hydrogen-bond acceptors (Lipinski definition) is 3. The summed E-state index contributed by atoms with van der Waals surface area (Å²) in [5.41, 5.74) is 2.44. The SMILES string of the molecule is C=CCOc1ccc(C[NH+](C)CC(=O)Nc2ccc(Cl)cc2C(=O)c2ccccc2)cc1. The molecule has 0 bridgehead atoms. The van der Waals surface area contributed by atoms with Crippen molar-refractivity contribution in [3.63, 3.8) is 0 Å². The summed E-state index contributed by atoms with van der Waals surface area (Å²) in [5, 5.41) is 3.30. The van der Waals surface area contributed by atoms with Gasteiger partial charge < -0.3 is 15.0 Å². The van der Waals surface area contributed by atoms with Gasteiger partial charge in [0.1, 0.15) is 18.9 Å². The predicted octanol–water partition coefficient (Wildman–Crippen LogP) is 3.79. The smallest absolute Gasteiger partial charge is 0.279 e. The van der Waals surface area contributed by atoms with Crippen LogP contribution in [-0.4, -0.2) is 31.9 Å². The van der Waals surface area contributed by atoms with E-state index in [-0.39, 0.29) is 18.2 Å². The number of ketones is 1. The largest absolute Gasteiger partial charge is 0.490 e. The molecule has 0 saturated carbocycles. The zero-order valence-corrected chi connectivity index (χ0v) is 18.7. The summed E-state index contributed by atoms with van der Waals surface area (Å²) in [6.45, 7) is 5.01. The number of carbonyl (C=O) groups is 2. The van der Waals surface area contributed by atoms with E-state index in [4.69, 9.17) is 16.3 Å². The molecule has 0 fully saturated rings. The average molecular weight is 450 g/mol. The van der Waals surface area contributed by atoms with Gasteiger partial charge in [-0.1, -0.05) is 54.6 Å². The van der Waals surface area contributed by atoms with E-state index in [0.717, 1.165) is 16.2 Å². The maximum atomic E-state index is 12.9. The number of benzene rings is 3. The van der Waals surface area contributed by atoms with Gasteiger partial charge in [-0.25, -0.2) is 0 Å². The van der Waals surface area contributed by atoms with Gasteiger partial charge in [0.05, 0.1) is 12.7 Å². The second kappa shape index (κ2) is 11.3. The van der Waals surface area contributed by atoms with Crippen LogP contribution in [-0.2, 0) is 11.3 Å². The van der Waals surface area contributed by atoms with Gasteiger partial charge in [0.25, 0.3) is 5.91 Å². The first kappa shape index (κ1) is 23.3. The van der Waals surface area contributed by atoms with Gasteiger partial charge >= 0.3 is 0 Å². The van der Waals surface area contributed by atoms with Gasteiger partial charge in [-0.2, -0.15) is 0 Å². The molecule has 164 valence electrons. The molecule has 0 aliphatic carbocycles. The Morgan fingerprint density at radius 2 is 1.78 bits per heavy atom. The van der Waals surface area contributed by atoms with Crippen LogP contribution < -0.4 is 15.0 Å². The number of likely N-dealkylation sites (N-methyl/N-ethyl adjacent to an activating group) is 1. The van der Waals surface area contributed by atoms with E-state index in [1.807, 2.05) is 37.4 Å². The highest BCUT2D eigenvalue weighted by atomic mass is 35.5. The fourth-order valence-corrected chi connectivity index (χ4v) is 3.47. The highest BCUT2D eigenvalue weighted by Gasteiger charge is 2.18. The first-order valence-electron chi connectivity index (χ1n) is 10.3. The molecule has 1 atom stereocenters. The summed E-state index contributed by atoms with van der Waals surface area (Å²) in [7, 11) is 1.94. The molecule has 0 heterocycles. The number of ether oxygens (including phenoxy) is 1. The van der Waals surface area contributed by atoms with Crippen LogP contribution in [0.4, 0.5) is 5.69 Å². The topological polar surface area (TPSA) is 59.8 Å². The van der Waals surface area contributed by atoms with Crippen LogP contribution in [0.25, 0.3) is 0 Å². The lowest BCUT2D eigenvalue weighted by molar-refractivity contribution is -0.885. The van der Waals surface area contributed by atoms with E-state index in [1.165, 1.54) is 0 Å². The lowest BCUT2D eigenvalue weighted by Crippen LogP contribution is -3.08. The maximum Gasteiger partial charge on any atom is 0.279 e. The molecule has 0 spiro atoms. The molecule has 0 aliphatic heterocycles. The quantitative estimate of drug-likeness (QED) is 0.365. The second-order valence-corrected chi connectivity index (χ2v) is 7.92. The third-order valence-electron chi connectivity index (χ3n) is 4.80. The summed E-state index contributed by atoms with van der Waals surface area (Å²) in [4.78, 5) is 26.6. The van der Waals surface area contributed by atoms with Crippen LogP contribution in [0.2, 0.25) is 5.02 Å². The summed E-state index contributed by atoms with van der Waals surface area (Å²) in [6.07, 6.45) is 1.70. The van der Waals surface area contributed by atoms with Crippen molar-refractivity contribution in [2.24, 2.45) is 0 Å². The minimum Gasteiger partial charge on any atom is -0.490 e. The normalized spacial score (nSPS) is 11.4. The molecule has 1 amide bonds. The molecular weight excluding hydrogens is 424 g/mol. The van der Waals surface area contributed by atoms with Crippen molar-refractivity contribution in [1.82, 2.24) is 0 Å². The zero-order chi connectivity index (χ0) is 22.9. The molecule has 6 heteroatoms. The summed E-state index contributed by atoms with van der Waals surface area (Å²) >= 11 is 6.12. The lowest BCUT2D eigenvalue weighted by Gasteiger charge is -2.16. The predicted molar refractivity (Wildman–Crippen MR) is 128 cm³/mol. The molecule has 0 aliphatic rings. The zero-order valence-electron chi connectivity index (χ0n) is 17.9. The Kier molecular flexibility index (Phi) is 8.20. The van der Waals surface area contributed by atoms with Crippen LogP contribution in [0.15, 0.2) is 85.5 Å². The number of rotatable bonds is 10. The molecule has 5 nitrogen and oxygen atoms in total. The number of quaternary nitrogens is 1. The van der Waals surface area contributed by atoms with Crippen LogP contribution in [0.3, 0.4) is 0 Å². The molecule has 0 aromatic heterocycles. The minimum absolute atomic E-state index is 0.183. The van der Waals surface area contributed by atoms with E-state index in [9.17, 15) is 9.59 Å². The Morgan fingerprint density at radius 1 is 1.06 bits per heavy atom. The van der Waals surface area contributed by atoms with Gasteiger partial charge in [-0.05, 0) is 42.5 Å². The van der Waals surface area contributed by atoms with E-state index < -0.39 is 0 Å². The minimum atomic E-state index is -0.192. The fraction of sp³-hybridized carbons (Fsp3) is 0.154. The van der Waals surface area contributed by atoms with Crippen molar-refractivity contribution in [2.75, 3.05) is 25.5 Å². The molecule has 3 aromatic carbocycles. The molecule has 0 radical (unpaired) electrons. The van der Waals surface area contributed by atoms with Crippen LogP contribution in [0.1, 0.15) is 21.5 Å². The van der Waals surface area contributed by atoms with Crippen molar-refractivity contribution in [3.05, 3.63) is 107 Å². The number of amides is 1. The molecule has 0 saturated heterocycles. The lowest BCUT2D eigenvalue weighted by atomic mass is 10.0. The second-order valence-electron chi connectivity index (χ2n) is 7.49. The average Bonchev–Trinajstić information content (AvgIpc) is 2.79. The van der Waals surface area contributed by atoms with Crippen LogP contribution >= 0.6 is 11.6 Å². The Balaban J connectivity index is 1.63. The number of anilines is 1. The molecular formula is C26H26ClN2O3+. The number of halogens is 1. The fourth-order valence-electron chi connectivity index (χ4n) is 3.30. The molecule has 2 N–H and O–H groups in total. The summed E-state index contributed by atoms with van der Waals surface area (Å²) < 4.78 is 5.49. The van der Waals surface area contributed by atoms with Crippen molar-refractivity contribution < 1.29 is 19.2 Å². The standard InChI is InChI=1S/C26H25ClN2O3/c1-3-15-32-22-12-9-19(10-13-22)17-29(2)18-25(30)28-24-14-11-21(27)16-23(24)26(31)20-7-5-4-6-8-20/h3-14,16H,1,15,17-18H2,2H3,(H,28,30)/p+1. The van der Waals surface area contributed by atoms with E-state index >= 15 is 0 Å². The first-order valence-corrected chi connectivity index (χ1v) is 10.7. The Morgan fingerprint density at radius 3 is 2.47 bits per heavy atom. The van der Waals surface area contributed by atoms with Crippen molar-refractivity contribution in [2.45, 2.75) is 6.54 Å². The van der Waals surface area contributed by atoms with Crippen molar-refractivity contribution >= 4 is 29.0 Å². The summed E-state index contributed by atoms with van der Waals surface area (Å²) in [6, 6.07) is 21.6. The van der Waals surface area contributed by atoms with Crippen LogP contribution in [0.5, 0.6) is 5.75 Å². The van der Waals surface area contributed by atoms with Gasteiger partial charge in [-0.15, -0.1) is 0 Å². The van der Waals surface area contributed by atoms with E-state index in [1.54, 1.807) is 48.5 Å². The Labute approximate surface area is 193 Å². The highest BCUT2D eigenvalue weighted by Crippen LogP contribution is 2.23. The van der Waals surface area contributed by atoms with Gasteiger partial charge in [0.2, 0.25) is 0 Å². The van der Waals surface area contributed by atoms with Crippen LogP contribution in [0, 0.1) is 0 Å². The van der Waals surface area contributed by atoms with Gasteiger partial charge in [0, 0.05) is 21.7 Å². The number of nitrogens with one attached hydrogen (secondary N) is 2. The number of hydrogen-bond donors (Lipinski definition) is 2. The maximum absolute atomic E-state index is 12.9. The van der Waals surface area contributed by atoms with E-state index in [0.29, 0.717) is 35.0 Å². The third kappa shape index (κ3) is 6.54. The summed E-state index contributed by atoms with van der Waals surface area (Å²) in [5.74, 6) is 0.406. The number of carbonyl (C=O) groups excluding carboxylic acids is 2. The van der Waals surface area contributed by atoms with Gasteiger partial charge in [0.15, 0.2) is 12.3 Å². The van der Waals surface area contributed by atoms with E-state index in [2.05, 4.69) is 11.9 Å². The highest BCUT2D eigenvalue weighted by molar-refractivity contribution is 6.31. The molecule has 3 aromatic rings. The Hall–Kier alpha value is -3.41. The monoisotopic (exact) mass is 449 g/mol. The van der Waals surface area contributed by atoms with Crippen molar-refractivity contribution in [1.29, 1.82) is 0 Å². The first-order chi connectivity index (χ1) is 15.5. The third-order valence-corrected chi connectivity index (χ3v) is 5.03.